The van der Waals surface area contributed by atoms with Gasteiger partial charge in [-0.05, 0) is 57.0 Å². The minimum Gasteiger partial charge on any atom is -0.330 e. The van der Waals surface area contributed by atoms with Gasteiger partial charge in [0.1, 0.15) is 0 Å². The van der Waals surface area contributed by atoms with Crippen molar-refractivity contribution in [1.29, 1.82) is 0 Å². The molecule has 0 aliphatic heterocycles. The van der Waals surface area contributed by atoms with Crippen molar-refractivity contribution >= 4 is 5.91 Å². The van der Waals surface area contributed by atoms with Crippen LogP contribution in [-0.4, -0.2) is 36.6 Å². The van der Waals surface area contributed by atoms with Gasteiger partial charge in [0.25, 0.3) is 5.91 Å². The summed E-state index contributed by atoms with van der Waals surface area (Å²) in [7, 11) is 0. The first kappa shape index (κ1) is 16.4. The first-order chi connectivity index (χ1) is 12.6. The molecule has 0 saturated heterocycles. The topological polar surface area (TPSA) is 63.9 Å². The normalized spacial score (nSPS) is 13.6. The van der Waals surface area contributed by atoms with Crippen LogP contribution >= 0.6 is 0 Å². The summed E-state index contributed by atoms with van der Waals surface area (Å²) >= 11 is 0. The zero-order chi connectivity index (χ0) is 18.1. The van der Waals surface area contributed by atoms with Gasteiger partial charge in [-0.15, -0.1) is 0 Å². The van der Waals surface area contributed by atoms with E-state index in [2.05, 4.69) is 15.1 Å². The van der Waals surface area contributed by atoms with Crippen LogP contribution in [0, 0.1) is 13.8 Å². The third kappa shape index (κ3) is 3.35. The van der Waals surface area contributed by atoms with Gasteiger partial charge in [-0.25, -0.2) is 9.67 Å². The van der Waals surface area contributed by atoms with E-state index < -0.39 is 0 Å². The second-order valence-electron chi connectivity index (χ2n) is 6.73. The molecule has 132 valence electrons. The van der Waals surface area contributed by atoms with Gasteiger partial charge < -0.3 is 4.90 Å². The number of amides is 1. The van der Waals surface area contributed by atoms with Crippen LogP contribution in [0.15, 0.2) is 48.8 Å². The largest absolute Gasteiger partial charge is 0.330 e. The highest BCUT2D eigenvalue weighted by molar-refractivity contribution is 5.94. The minimum absolute atomic E-state index is 0.00516. The maximum Gasteiger partial charge on any atom is 0.256 e. The lowest BCUT2D eigenvalue weighted by atomic mass is 10.2. The zero-order valence-electron chi connectivity index (χ0n) is 15.0. The lowest BCUT2D eigenvalue weighted by Gasteiger charge is -2.22. The third-order valence-corrected chi connectivity index (χ3v) is 4.53. The second-order valence-corrected chi connectivity index (χ2v) is 6.73. The highest BCUT2D eigenvalue weighted by Crippen LogP contribution is 2.29. The van der Waals surface area contributed by atoms with Crippen molar-refractivity contribution in [3.63, 3.8) is 0 Å². The molecule has 3 heterocycles. The number of carbonyl (C=O) groups excluding carboxylic acids is 1. The van der Waals surface area contributed by atoms with E-state index in [1.165, 1.54) is 0 Å². The first-order valence-electron chi connectivity index (χ1n) is 8.82. The molecule has 0 aromatic carbocycles. The standard InChI is InChI=1S/C20H21N5O/c1-14-11-15(2)25(23-14)19-9-6-16(12-22-19)20(26)24(18-7-8-18)13-17-5-3-4-10-21-17/h3-6,9-12,18H,7-8,13H2,1-2H3. The summed E-state index contributed by atoms with van der Waals surface area (Å²) in [5.74, 6) is 0.723. The molecule has 1 aliphatic carbocycles. The zero-order valence-corrected chi connectivity index (χ0v) is 15.0. The fraction of sp³-hybridized carbons (Fsp3) is 0.300. The van der Waals surface area contributed by atoms with Crippen molar-refractivity contribution in [1.82, 2.24) is 24.6 Å². The molecule has 1 amide bonds. The van der Waals surface area contributed by atoms with Crippen LogP contribution in [0.1, 0.15) is 40.3 Å². The summed E-state index contributed by atoms with van der Waals surface area (Å²) in [6, 6.07) is 11.8. The Kier molecular flexibility index (Phi) is 4.24. The monoisotopic (exact) mass is 347 g/mol. The van der Waals surface area contributed by atoms with E-state index in [4.69, 9.17) is 0 Å². The average molecular weight is 347 g/mol. The van der Waals surface area contributed by atoms with Crippen LogP contribution in [0.5, 0.6) is 0 Å². The van der Waals surface area contributed by atoms with E-state index in [1.807, 2.05) is 55.1 Å². The van der Waals surface area contributed by atoms with E-state index >= 15 is 0 Å². The number of rotatable bonds is 5. The summed E-state index contributed by atoms with van der Waals surface area (Å²) in [6.07, 6.45) is 5.50. The number of nitrogens with zero attached hydrogens (tertiary/aromatic N) is 5. The Balaban J connectivity index is 1.55. The molecule has 0 N–H and O–H groups in total. The summed E-state index contributed by atoms with van der Waals surface area (Å²) < 4.78 is 1.79. The first-order valence-corrected chi connectivity index (χ1v) is 8.82. The fourth-order valence-electron chi connectivity index (χ4n) is 3.08. The Morgan fingerprint density at radius 1 is 1.19 bits per heavy atom. The molecule has 0 unspecified atom stereocenters. The van der Waals surface area contributed by atoms with Gasteiger partial charge in [-0.1, -0.05) is 6.07 Å². The SMILES string of the molecule is Cc1cc(C)n(-c2ccc(C(=O)N(Cc3ccccn3)C3CC3)cn2)n1. The highest BCUT2D eigenvalue weighted by atomic mass is 16.2. The molecule has 0 atom stereocenters. The summed E-state index contributed by atoms with van der Waals surface area (Å²) in [5, 5.41) is 4.43. The van der Waals surface area contributed by atoms with Crippen LogP contribution in [0.25, 0.3) is 5.82 Å². The van der Waals surface area contributed by atoms with Crippen molar-refractivity contribution in [2.75, 3.05) is 0 Å². The smallest absolute Gasteiger partial charge is 0.256 e. The van der Waals surface area contributed by atoms with Crippen molar-refractivity contribution in [3.05, 3.63) is 71.4 Å². The molecule has 6 heteroatoms. The minimum atomic E-state index is 0.00516. The van der Waals surface area contributed by atoms with Gasteiger partial charge in [-0.3, -0.25) is 9.78 Å². The molecule has 0 spiro atoms. The van der Waals surface area contributed by atoms with Crippen molar-refractivity contribution < 1.29 is 4.79 Å². The van der Waals surface area contributed by atoms with Crippen LogP contribution in [0.2, 0.25) is 0 Å². The molecule has 6 nitrogen and oxygen atoms in total. The fourth-order valence-corrected chi connectivity index (χ4v) is 3.08. The molecular formula is C20H21N5O. The predicted octanol–water partition coefficient (Wildman–Crippen LogP) is 3.08. The number of pyridine rings is 2. The maximum absolute atomic E-state index is 13.0. The Labute approximate surface area is 152 Å². The predicted molar refractivity (Wildman–Crippen MR) is 98.0 cm³/mol. The second kappa shape index (κ2) is 6.71. The summed E-state index contributed by atoms with van der Waals surface area (Å²) in [4.78, 5) is 23.7. The number of hydrogen-bond acceptors (Lipinski definition) is 4. The lowest BCUT2D eigenvalue weighted by Crippen LogP contribution is -2.33. The number of hydrogen-bond donors (Lipinski definition) is 0. The van der Waals surface area contributed by atoms with Gasteiger partial charge in [-0.2, -0.15) is 5.10 Å². The van der Waals surface area contributed by atoms with E-state index in [9.17, 15) is 4.79 Å². The van der Waals surface area contributed by atoms with Gasteiger partial charge in [0, 0.05) is 24.1 Å². The van der Waals surface area contributed by atoms with Gasteiger partial charge >= 0.3 is 0 Å². The quantitative estimate of drug-likeness (QED) is 0.711. The van der Waals surface area contributed by atoms with Crippen LogP contribution in [-0.2, 0) is 6.54 Å². The molecule has 4 rings (SSSR count). The Morgan fingerprint density at radius 3 is 2.62 bits per heavy atom. The van der Waals surface area contributed by atoms with Crippen molar-refractivity contribution in [2.24, 2.45) is 0 Å². The lowest BCUT2D eigenvalue weighted by molar-refractivity contribution is 0.0727. The molecule has 1 saturated carbocycles. The molecule has 0 radical (unpaired) electrons. The number of aryl methyl sites for hydroxylation is 2. The number of aromatic nitrogens is 4. The summed E-state index contributed by atoms with van der Waals surface area (Å²) in [6.45, 7) is 4.47. The Bertz CT molecular complexity index is 913. The van der Waals surface area contributed by atoms with Crippen LogP contribution < -0.4 is 0 Å². The average Bonchev–Trinajstić information content (AvgIpc) is 3.44. The molecule has 3 aromatic heterocycles. The summed E-state index contributed by atoms with van der Waals surface area (Å²) in [5.41, 5.74) is 3.46. The van der Waals surface area contributed by atoms with E-state index in [0.29, 0.717) is 18.2 Å². The van der Waals surface area contributed by atoms with Gasteiger partial charge in [0.2, 0.25) is 0 Å². The van der Waals surface area contributed by atoms with E-state index in [-0.39, 0.29) is 5.91 Å². The molecule has 1 fully saturated rings. The third-order valence-electron chi connectivity index (χ3n) is 4.53. The van der Waals surface area contributed by atoms with Gasteiger partial charge in [0.05, 0.1) is 23.5 Å². The Hall–Kier alpha value is -3.02. The molecule has 1 aliphatic rings. The highest BCUT2D eigenvalue weighted by Gasteiger charge is 2.33. The number of carbonyl (C=O) groups is 1. The van der Waals surface area contributed by atoms with Crippen LogP contribution in [0.4, 0.5) is 0 Å². The van der Waals surface area contributed by atoms with E-state index in [0.717, 1.165) is 35.7 Å². The van der Waals surface area contributed by atoms with Crippen molar-refractivity contribution in [2.45, 2.75) is 39.3 Å². The Morgan fingerprint density at radius 2 is 2.04 bits per heavy atom. The van der Waals surface area contributed by atoms with Crippen molar-refractivity contribution in [3.8, 4) is 5.82 Å². The molecular weight excluding hydrogens is 326 g/mol. The molecule has 26 heavy (non-hydrogen) atoms. The maximum atomic E-state index is 13.0. The molecule has 0 bridgehead atoms. The van der Waals surface area contributed by atoms with E-state index in [1.54, 1.807) is 17.1 Å². The molecule has 3 aromatic rings. The van der Waals surface area contributed by atoms with Crippen LogP contribution in [0.3, 0.4) is 0 Å². The van der Waals surface area contributed by atoms with Gasteiger partial charge in [0.15, 0.2) is 5.82 Å².